The highest BCUT2D eigenvalue weighted by Gasteiger charge is 2.18. The third kappa shape index (κ3) is 5.52. The quantitative estimate of drug-likeness (QED) is 0.175. The van der Waals surface area contributed by atoms with Crippen LogP contribution in [0.1, 0.15) is 0 Å². The Kier molecular flexibility index (Phi) is 7.40. The van der Waals surface area contributed by atoms with Crippen molar-refractivity contribution in [3.8, 4) is 67.5 Å². The lowest BCUT2D eigenvalue weighted by atomic mass is 9.92. The van der Waals surface area contributed by atoms with Gasteiger partial charge in [-0.3, -0.25) is 4.98 Å². The van der Waals surface area contributed by atoms with Crippen LogP contribution < -0.4 is 0 Å². The van der Waals surface area contributed by atoms with Crippen molar-refractivity contribution in [1.29, 1.82) is 0 Å². The Morgan fingerprint density at radius 2 is 0.943 bits per heavy atom. The zero-order valence-corrected chi connectivity index (χ0v) is 28.5. The van der Waals surface area contributed by atoms with Gasteiger partial charge in [-0.1, -0.05) is 152 Å². The predicted molar refractivity (Wildman–Crippen MR) is 215 cm³/mol. The Balaban J connectivity index is 1.10. The molecular weight excluding hydrogens is 649 g/mol. The van der Waals surface area contributed by atoms with Gasteiger partial charge < -0.3 is 4.42 Å². The Morgan fingerprint density at radius 1 is 0.358 bits per heavy atom. The van der Waals surface area contributed by atoms with E-state index in [0.717, 1.165) is 82.9 Å². The van der Waals surface area contributed by atoms with Crippen molar-refractivity contribution in [2.45, 2.75) is 0 Å². The van der Waals surface area contributed by atoms with Crippen molar-refractivity contribution in [3.05, 3.63) is 182 Å². The normalized spacial score (nSPS) is 11.4. The summed E-state index contributed by atoms with van der Waals surface area (Å²) in [6.45, 7) is 0. The van der Waals surface area contributed by atoms with Gasteiger partial charge in [0.15, 0.2) is 17.5 Å². The van der Waals surface area contributed by atoms with E-state index in [1.165, 1.54) is 0 Å². The number of furan rings is 1. The number of hydrogen-bond donors (Lipinski definition) is 0. The van der Waals surface area contributed by atoms with E-state index in [1.807, 2.05) is 91.1 Å². The van der Waals surface area contributed by atoms with Crippen LogP contribution in [-0.2, 0) is 0 Å². The fraction of sp³-hybridized carbons (Fsp3) is 0. The van der Waals surface area contributed by atoms with Crippen LogP contribution in [0.2, 0.25) is 0 Å². The summed E-state index contributed by atoms with van der Waals surface area (Å²) < 4.78 is 6.36. The minimum Gasteiger partial charge on any atom is -0.455 e. The van der Waals surface area contributed by atoms with Crippen LogP contribution in [0.25, 0.3) is 100 Å². The van der Waals surface area contributed by atoms with Gasteiger partial charge in [0.05, 0.1) is 5.52 Å². The van der Waals surface area contributed by atoms with Gasteiger partial charge in [-0.15, -0.1) is 0 Å². The number of rotatable bonds is 6. The van der Waals surface area contributed by atoms with E-state index in [1.54, 1.807) is 0 Å². The fourth-order valence-corrected chi connectivity index (χ4v) is 7.23. The second-order valence-corrected chi connectivity index (χ2v) is 13.0. The minimum absolute atomic E-state index is 0.616. The highest BCUT2D eigenvalue weighted by Crippen LogP contribution is 2.40. The van der Waals surface area contributed by atoms with E-state index in [2.05, 4.69) is 91.0 Å². The SMILES string of the molecule is c1ccc(-c2nc(-c3ccccc3)nc(-c3ccccc3-c3cc(-c4ccc(-c5cccc6c5oc5ccccc56)cc4)c4ncccc4c3)n2)cc1. The smallest absolute Gasteiger partial charge is 0.164 e. The van der Waals surface area contributed by atoms with E-state index < -0.39 is 0 Å². The highest BCUT2D eigenvalue weighted by atomic mass is 16.3. The molecule has 0 radical (unpaired) electrons. The monoisotopic (exact) mass is 678 g/mol. The number of hydrogen-bond acceptors (Lipinski definition) is 5. The Hall–Kier alpha value is -7.24. The van der Waals surface area contributed by atoms with Gasteiger partial charge in [-0.2, -0.15) is 0 Å². The van der Waals surface area contributed by atoms with E-state index in [4.69, 9.17) is 24.4 Å². The molecule has 0 spiro atoms. The van der Waals surface area contributed by atoms with Crippen molar-refractivity contribution < 1.29 is 4.42 Å². The summed E-state index contributed by atoms with van der Waals surface area (Å²) in [4.78, 5) is 19.9. The summed E-state index contributed by atoms with van der Waals surface area (Å²) in [5, 5.41) is 3.30. The average Bonchev–Trinajstić information content (AvgIpc) is 3.63. The van der Waals surface area contributed by atoms with Gasteiger partial charge in [0.2, 0.25) is 0 Å². The first-order chi connectivity index (χ1) is 26.3. The summed E-state index contributed by atoms with van der Waals surface area (Å²) >= 11 is 0. The topological polar surface area (TPSA) is 64.7 Å². The molecule has 0 atom stereocenters. The van der Waals surface area contributed by atoms with Crippen LogP contribution in [0.4, 0.5) is 0 Å². The Morgan fingerprint density at radius 3 is 1.68 bits per heavy atom. The summed E-state index contributed by atoms with van der Waals surface area (Å²) in [7, 11) is 0. The minimum atomic E-state index is 0.616. The van der Waals surface area contributed by atoms with Crippen molar-refractivity contribution in [2.75, 3.05) is 0 Å². The zero-order valence-electron chi connectivity index (χ0n) is 28.5. The zero-order chi connectivity index (χ0) is 35.1. The molecular formula is C48H30N4O. The maximum atomic E-state index is 6.36. The molecule has 0 aliphatic carbocycles. The lowest BCUT2D eigenvalue weighted by molar-refractivity contribution is 0.670. The van der Waals surface area contributed by atoms with Gasteiger partial charge in [-0.05, 0) is 46.5 Å². The van der Waals surface area contributed by atoms with Crippen molar-refractivity contribution >= 4 is 32.8 Å². The number of nitrogens with zero attached hydrogens (tertiary/aromatic N) is 4. The number of para-hydroxylation sites is 2. The van der Waals surface area contributed by atoms with Gasteiger partial charge >= 0.3 is 0 Å². The molecule has 3 aromatic heterocycles. The lowest BCUT2D eigenvalue weighted by Gasteiger charge is -2.15. The van der Waals surface area contributed by atoms with E-state index in [-0.39, 0.29) is 0 Å². The van der Waals surface area contributed by atoms with Gasteiger partial charge in [0.25, 0.3) is 0 Å². The molecule has 248 valence electrons. The molecule has 0 amide bonds. The molecule has 0 N–H and O–H groups in total. The first kappa shape index (κ1) is 30.6. The second kappa shape index (κ2) is 12.8. The largest absolute Gasteiger partial charge is 0.455 e. The number of benzene rings is 7. The first-order valence-electron chi connectivity index (χ1n) is 17.6. The molecule has 0 saturated carbocycles. The molecule has 0 aliphatic heterocycles. The highest BCUT2D eigenvalue weighted by molar-refractivity contribution is 6.09. The van der Waals surface area contributed by atoms with Crippen LogP contribution in [0.3, 0.4) is 0 Å². The Labute approximate surface area is 305 Å². The number of fused-ring (bicyclic) bond motifs is 4. The molecule has 0 fully saturated rings. The third-order valence-electron chi connectivity index (χ3n) is 9.79. The van der Waals surface area contributed by atoms with E-state index in [0.29, 0.717) is 17.5 Å². The van der Waals surface area contributed by atoms with E-state index in [9.17, 15) is 0 Å². The molecule has 0 saturated heterocycles. The maximum absolute atomic E-state index is 6.36. The second-order valence-electron chi connectivity index (χ2n) is 13.0. The summed E-state index contributed by atoms with van der Waals surface area (Å²) in [5.74, 6) is 1.88. The number of pyridine rings is 1. The predicted octanol–water partition coefficient (Wildman–Crippen LogP) is 12.3. The fourth-order valence-electron chi connectivity index (χ4n) is 7.23. The van der Waals surface area contributed by atoms with Crippen molar-refractivity contribution in [1.82, 2.24) is 19.9 Å². The third-order valence-corrected chi connectivity index (χ3v) is 9.79. The summed E-state index contributed by atoms with van der Waals surface area (Å²) in [6, 6.07) is 60.3. The first-order valence-corrected chi connectivity index (χ1v) is 17.6. The molecule has 0 unspecified atom stereocenters. The van der Waals surface area contributed by atoms with Gasteiger partial charge in [-0.25, -0.2) is 15.0 Å². The van der Waals surface area contributed by atoms with Crippen molar-refractivity contribution in [2.24, 2.45) is 0 Å². The molecule has 53 heavy (non-hydrogen) atoms. The van der Waals surface area contributed by atoms with Crippen molar-refractivity contribution in [3.63, 3.8) is 0 Å². The lowest BCUT2D eigenvalue weighted by Crippen LogP contribution is -2.01. The van der Waals surface area contributed by atoms with E-state index >= 15 is 0 Å². The van der Waals surface area contributed by atoms with Crippen LogP contribution in [-0.4, -0.2) is 19.9 Å². The molecule has 7 aromatic carbocycles. The average molecular weight is 679 g/mol. The van der Waals surface area contributed by atoms with Gasteiger partial charge in [0, 0.05) is 50.2 Å². The van der Waals surface area contributed by atoms with Crippen LogP contribution in [0.5, 0.6) is 0 Å². The summed E-state index contributed by atoms with van der Waals surface area (Å²) in [6.07, 6.45) is 1.86. The molecule has 5 nitrogen and oxygen atoms in total. The molecule has 10 aromatic rings. The molecule has 0 aliphatic rings. The standard InChI is InChI=1S/C48H30N4O/c1-3-13-33(14-4-1)46-50-47(34-15-5-2-6-16-34)52-48(51-46)41-20-8-7-18-37(41)36-29-35-17-12-28-49-44(35)42(30-36)32-26-24-31(25-27-32)38-21-11-22-40-39-19-9-10-23-43(39)53-45(38)40/h1-30H. The van der Waals surface area contributed by atoms with Crippen LogP contribution >= 0.6 is 0 Å². The van der Waals surface area contributed by atoms with Crippen LogP contribution in [0.15, 0.2) is 187 Å². The molecule has 3 heterocycles. The summed E-state index contributed by atoms with van der Waals surface area (Å²) in [5.41, 5.74) is 11.9. The molecule has 0 bridgehead atoms. The van der Waals surface area contributed by atoms with Crippen LogP contribution in [0, 0.1) is 0 Å². The molecule has 10 rings (SSSR count). The maximum Gasteiger partial charge on any atom is 0.164 e. The molecule has 5 heteroatoms. The Bertz CT molecular complexity index is 2880. The number of aromatic nitrogens is 4. The van der Waals surface area contributed by atoms with Gasteiger partial charge in [0.1, 0.15) is 11.2 Å².